The topological polar surface area (TPSA) is 70.1 Å². The van der Waals surface area contributed by atoms with Crippen LogP contribution in [0.5, 0.6) is 0 Å². The van der Waals surface area contributed by atoms with E-state index >= 15 is 0 Å². The first-order valence-corrected chi connectivity index (χ1v) is 8.10. The van der Waals surface area contributed by atoms with Crippen LogP contribution in [0.1, 0.15) is 19.3 Å². The van der Waals surface area contributed by atoms with E-state index in [9.17, 15) is 14.7 Å². The maximum absolute atomic E-state index is 12.7. The SMILES string of the molecule is C=CCN(CC=C)C(=O)N1CCC2(CCOCC2)C(C(=O)O)C1. The highest BCUT2D eigenvalue weighted by Crippen LogP contribution is 2.45. The molecule has 0 bridgehead atoms. The molecule has 6 nitrogen and oxygen atoms in total. The van der Waals surface area contributed by atoms with Crippen molar-refractivity contribution in [2.75, 3.05) is 39.4 Å². The number of rotatable bonds is 5. The number of urea groups is 1. The maximum atomic E-state index is 12.7. The van der Waals surface area contributed by atoms with Gasteiger partial charge in [-0.2, -0.15) is 0 Å². The molecule has 2 amide bonds. The van der Waals surface area contributed by atoms with Gasteiger partial charge in [0.1, 0.15) is 0 Å². The molecule has 6 heteroatoms. The monoisotopic (exact) mass is 322 g/mol. The second kappa shape index (κ2) is 7.64. The van der Waals surface area contributed by atoms with E-state index in [1.54, 1.807) is 22.0 Å². The fraction of sp³-hybridized carbons (Fsp3) is 0.647. The third kappa shape index (κ3) is 3.75. The summed E-state index contributed by atoms with van der Waals surface area (Å²) in [5.74, 6) is -1.35. The van der Waals surface area contributed by atoms with Crippen molar-refractivity contribution in [2.45, 2.75) is 19.3 Å². The van der Waals surface area contributed by atoms with E-state index in [-0.39, 0.29) is 18.0 Å². The second-order valence-corrected chi connectivity index (χ2v) is 6.33. The molecule has 2 heterocycles. The number of aliphatic carboxylic acids is 1. The van der Waals surface area contributed by atoms with Gasteiger partial charge >= 0.3 is 12.0 Å². The zero-order chi connectivity index (χ0) is 16.9. The number of piperidine rings is 1. The Bertz CT molecular complexity index is 461. The minimum absolute atomic E-state index is 0.141. The zero-order valence-electron chi connectivity index (χ0n) is 13.6. The van der Waals surface area contributed by atoms with E-state index in [1.165, 1.54) is 0 Å². The predicted octanol–water partition coefficient (Wildman–Crippen LogP) is 1.98. The highest BCUT2D eigenvalue weighted by Gasteiger charge is 2.48. The molecular formula is C17H26N2O4. The van der Waals surface area contributed by atoms with Crippen molar-refractivity contribution in [2.24, 2.45) is 11.3 Å². The molecule has 2 aliphatic heterocycles. The van der Waals surface area contributed by atoms with E-state index in [4.69, 9.17) is 4.74 Å². The molecule has 128 valence electrons. The Morgan fingerprint density at radius 3 is 2.35 bits per heavy atom. The summed E-state index contributed by atoms with van der Waals surface area (Å²) in [6.45, 7) is 10.3. The quantitative estimate of drug-likeness (QED) is 0.786. The van der Waals surface area contributed by atoms with Crippen molar-refractivity contribution in [3.8, 4) is 0 Å². The summed E-state index contributed by atoms with van der Waals surface area (Å²) in [5, 5.41) is 9.68. The van der Waals surface area contributed by atoms with Crippen LogP contribution in [0, 0.1) is 11.3 Å². The number of hydrogen-bond donors (Lipinski definition) is 1. The average Bonchev–Trinajstić information content (AvgIpc) is 2.55. The Morgan fingerprint density at radius 2 is 1.83 bits per heavy atom. The number of hydrogen-bond acceptors (Lipinski definition) is 3. The molecule has 0 aliphatic carbocycles. The molecule has 1 spiro atoms. The van der Waals surface area contributed by atoms with Crippen LogP contribution in [0.3, 0.4) is 0 Å². The van der Waals surface area contributed by atoms with Gasteiger partial charge in [-0.15, -0.1) is 13.2 Å². The molecule has 2 fully saturated rings. The Kier molecular flexibility index (Phi) is 5.82. The highest BCUT2D eigenvalue weighted by atomic mass is 16.5. The van der Waals surface area contributed by atoms with Crippen molar-refractivity contribution in [1.82, 2.24) is 9.80 Å². The summed E-state index contributed by atoms with van der Waals surface area (Å²) in [6.07, 6.45) is 5.57. The second-order valence-electron chi connectivity index (χ2n) is 6.33. The number of carboxylic acids is 1. The number of carbonyl (C=O) groups excluding carboxylic acids is 1. The molecule has 23 heavy (non-hydrogen) atoms. The lowest BCUT2D eigenvalue weighted by Gasteiger charge is -2.48. The van der Waals surface area contributed by atoms with Crippen molar-refractivity contribution in [3.63, 3.8) is 0 Å². The van der Waals surface area contributed by atoms with Crippen LogP contribution >= 0.6 is 0 Å². The fourth-order valence-corrected chi connectivity index (χ4v) is 3.67. The summed E-state index contributed by atoms with van der Waals surface area (Å²) in [4.78, 5) is 27.7. The minimum Gasteiger partial charge on any atom is -0.481 e. The van der Waals surface area contributed by atoms with E-state index in [2.05, 4.69) is 13.2 Å². The number of carbonyl (C=O) groups is 2. The molecule has 0 radical (unpaired) electrons. The van der Waals surface area contributed by atoms with Crippen LogP contribution in [0.15, 0.2) is 25.3 Å². The predicted molar refractivity (Wildman–Crippen MR) is 87.2 cm³/mol. The largest absolute Gasteiger partial charge is 0.481 e. The van der Waals surface area contributed by atoms with Crippen molar-refractivity contribution in [3.05, 3.63) is 25.3 Å². The Labute approximate surface area is 137 Å². The lowest BCUT2D eigenvalue weighted by Crippen LogP contribution is -2.56. The van der Waals surface area contributed by atoms with Gasteiger partial charge in [0.05, 0.1) is 5.92 Å². The van der Waals surface area contributed by atoms with Crippen molar-refractivity contribution < 1.29 is 19.4 Å². The molecule has 0 aromatic rings. The molecule has 2 saturated heterocycles. The van der Waals surface area contributed by atoms with Gasteiger partial charge in [0, 0.05) is 39.4 Å². The first-order chi connectivity index (χ1) is 11.0. The van der Waals surface area contributed by atoms with E-state index < -0.39 is 11.9 Å². The summed E-state index contributed by atoms with van der Waals surface area (Å²) in [5.41, 5.74) is -0.234. The van der Waals surface area contributed by atoms with Crippen LogP contribution in [-0.2, 0) is 9.53 Å². The lowest BCUT2D eigenvalue weighted by molar-refractivity contribution is -0.154. The maximum Gasteiger partial charge on any atom is 0.320 e. The minimum atomic E-state index is -0.816. The summed E-state index contributed by atoms with van der Waals surface area (Å²) < 4.78 is 5.40. The number of carboxylic acid groups (broad SMARTS) is 1. The number of ether oxygens (including phenoxy) is 1. The van der Waals surface area contributed by atoms with Gasteiger partial charge in [-0.1, -0.05) is 12.2 Å². The summed E-state index contributed by atoms with van der Waals surface area (Å²) in [7, 11) is 0. The van der Waals surface area contributed by atoms with Gasteiger partial charge < -0.3 is 19.6 Å². The van der Waals surface area contributed by atoms with Crippen LogP contribution in [-0.4, -0.2) is 66.3 Å². The van der Waals surface area contributed by atoms with Crippen LogP contribution < -0.4 is 0 Å². The number of nitrogens with zero attached hydrogens (tertiary/aromatic N) is 2. The molecule has 1 N–H and O–H groups in total. The lowest BCUT2D eigenvalue weighted by atomic mass is 9.65. The number of amides is 2. The molecule has 2 aliphatic rings. The third-order valence-electron chi connectivity index (χ3n) is 5.05. The molecule has 0 aromatic heterocycles. The van der Waals surface area contributed by atoms with E-state index in [1.807, 2.05) is 0 Å². The first-order valence-electron chi connectivity index (χ1n) is 8.10. The molecule has 0 aromatic carbocycles. The highest BCUT2D eigenvalue weighted by molar-refractivity contribution is 5.77. The Balaban J connectivity index is 2.11. The van der Waals surface area contributed by atoms with Crippen molar-refractivity contribution >= 4 is 12.0 Å². The molecular weight excluding hydrogens is 296 g/mol. The van der Waals surface area contributed by atoms with Gasteiger partial charge in [-0.25, -0.2) is 4.79 Å². The zero-order valence-corrected chi connectivity index (χ0v) is 13.6. The van der Waals surface area contributed by atoms with Gasteiger partial charge in [0.25, 0.3) is 0 Å². The van der Waals surface area contributed by atoms with Gasteiger partial charge in [-0.3, -0.25) is 4.79 Å². The smallest absolute Gasteiger partial charge is 0.320 e. The van der Waals surface area contributed by atoms with Gasteiger partial charge in [-0.05, 0) is 24.7 Å². The Hall–Kier alpha value is -1.82. The Morgan fingerprint density at radius 1 is 1.22 bits per heavy atom. The summed E-state index contributed by atoms with van der Waals surface area (Å²) >= 11 is 0. The van der Waals surface area contributed by atoms with Gasteiger partial charge in [0.15, 0.2) is 0 Å². The third-order valence-corrected chi connectivity index (χ3v) is 5.05. The standard InChI is InChI=1S/C17H26N2O4/c1-3-8-18(9-4-2)16(22)19-10-5-17(6-11-23-12-7-17)14(13-19)15(20)21/h3-4,14H,1-2,5-13H2,(H,20,21). The average molecular weight is 322 g/mol. The van der Waals surface area contributed by atoms with Crippen LogP contribution in [0.4, 0.5) is 4.79 Å². The molecule has 1 atom stereocenters. The van der Waals surface area contributed by atoms with Crippen molar-refractivity contribution in [1.29, 1.82) is 0 Å². The molecule has 0 saturated carbocycles. The fourth-order valence-electron chi connectivity index (χ4n) is 3.67. The molecule has 1 unspecified atom stereocenters. The van der Waals surface area contributed by atoms with E-state index in [0.29, 0.717) is 32.8 Å². The normalized spacial score (nSPS) is 23.3. The van der Waals surface area contributed by atoms with Crippen LogP contribution in [0.25, 0.3) is 0 Å². The first kappa shape index (κ1) is 17.5. The number of likely N-dealkylation sites (tertiary alicyclic amines) is 1. The summed E-state index contributed by atoms with van der Waals surface area (Å²) in [6, 6.07) is -0.141. The van der Waals surface area contributed by atoms with Crippen LogP contribution in [0.2, 0.25) is 0 Å². The van der Waals surface area contributed by atoms with E-state index in [0.717, 1.165) is 19.3 Å². The van der Waals surface area contributed by atoms with Gasteiger partial charge in [0.2, 0.25) is 0 Å². The molecule has 2 rings (SSSR count).